The molecule has 8 heteroatoms. The first kappa shape index (κ1) is 18.1. The Morgan fingerprint density at radius 2 is 1.65 bits per heavy atom. The molecule has 0 heterocycles. The molecule has 0 radical (unpaired) electrons. The maximum atomic E-state index is 11.7. The first-order valence-electron chi connectivity index (χ1n) is 7.03. The lowest BCUT2D eigenvalue weighted by Gasteiger charge is -2.07. The fraction of sp³-hybridized carbons (Fsp3) is 0.333. The van der Waals surface area contributed by atoms with E-state index in [-0.39, 0.29) is 36.1 Å². The van der Waals surface area contributed by atoms with Crippen molar-refractivity contribution in [2.24, 2.45) is 0 Å². The molecule has 0 fully saturated rings. The van der Waals surface area contributed by atoms with E-state index in [2.05, 4.69) is 16.0 Å². The maximum absolute atomic E-state index is 11.7. The van der Waals surface area contributed by atoms with Crippen molar-refractivity contribution in [1.82, 2.24) is 10.6 Å². The molecule has 0 aromatic heterocycles. The molecule has 1 rings (SSSR count). The number of carboxylic acids is 1. The van der Waals surface area contributed by atoms with Crippen LogP contribution in [0.1, 0.15) is 30.1 Å². The standard InChI is InChI=1S/C15H19N3O5/c1-10(19)16-7-8-17-13(20)5-6-14(21)18-12-4-2-3-11(9-12)15(22)23/h2-4,9H,5-8H2,1H3,(H,16,19)(H,17,20)(H,18,21)(H,22,23). The van der Waals surface area contributed by atoms with Gasteiger partial charge in [-0.1, -0.05) is 6.07 Å². The van der Waals surface area contributed by atoms with Crippen LogP contribution in [0, 0.1) is 0 Å². The molecule has 0 atom stereocenters. The van der Waals surface area contributed by atoms with Crippen LogP contribution in [0.5, 0.6) is 0 Å². The molecule has 0 bridgehead atoms. The summed E-state index contributed by atoms with van der Waals surface area (Å²) < 4.78 is 0. The van der Waals surface area contributed by atoms with Gasteiger partial charge in [0.2, 0.25) is 17.7 Å². The van der Waals surface area contributed by atoms with Gasteiger partial charge in [0, 0.05) is 38.5 Å². The van der Waals surface area contributed by atoms with Crippen LogP contribution >= 0.6 is 0 Å². The third-order valence-electron chi connectivity index (χ3n) is 2.79. The van der Waals surface area contributed by atoms with Gasteiger partial charge in [-0.3, -0.25) is 14.4 Å². The normalized spacial score (nSPS) is 9.78. The van der Waals surface area contributed by atoms with Crippen molar-refractivity contribution >= 4 is 29.4 Å². The molecular formula is C15H19N3O5. The molecule has 8 nitrogen and oxygen atoms in total. The summed E-state index contributed by atoms with van der Waals surface area (Å²) in [7, 11) is 0. The van der Waals surface area contributed by atoms with Crippen LogP contribution in [0.3, 0.4) is 0 Å². The Bertz CT molecular complexity index is 601. The molecule has 3 amide bonds. The lowest BCUT2D eigenvalue weighted by molar-refractivity contribution is -0.124. The van der Waals surface area contributed by atoms with E-state index >= 15 is 0 Å². The molecule has 4 N–H and O–H groups in total. The Kier molecular flexibility index (Phi) is 7.25. The van der Waals surface area contributed by atoms with E-state index in [1.54, 1.807) is 6.07 Å². The monoisotopic (exact) mass is 321 g/mol. The van der Waals surface area contributed by atoms with Gasteiger partial charge in [0.15, 0.2) is 0 Å². The van der Waals surface area contributed by atoms with Crippen LogP contribution < -0.4 is 16.0 Å². The molecule has 0 aliphatic heterocycles. The highest BCUT2D eigenvalue weighted by atomic mass is 16.4. The minimum atomic E-state index is -1.08. The summed E-state index contributed by atoms with van der Waals surface area (Å²) in [4.78, 5) is 44.7. The van der Waals surface area contributed by atoms with E-state index in [1.807, 2.05) is 0 Å². The molecule has 23 heavy (non-hydrogen) atoms. The number of hydrogen-bond acceptors (Lipinski definition) is 4. The van der Waals surface area contributed by atoms with Crippen LogP contribution in [0.4, 0.5) is 5.69 Å². The molecule has 0 aliphatic carbocycles. The second-order valence-electron chi connectivity index (χ2n) is 4.77. The smallest absolute Gasteiger partial charge is 0.335 e. The molecule has 1 aromatic rings. The Balaban J connectivity index is 2.31. The Morgan fingerprint density at radius 1 is 1.00 bits per heavy atom. The van der Waals surface area contributed by atoms with Gasteiger partial charge in [0.25, 0.3) is 0 Å². The van der Waals surface area contributed by atoms with Gasteiger partial charge in [-0.2, -0.15) is 0 Å². The first-order valence-corrected chi connectivity index (χ1v) is 7.03. The number of nitrogens with one attached hydrogen (secondary N) is 3. The zero-order chi connectivity index (χ0) is 17.2. The van der Waals surface area contributed by atoms with Crippen LogP contribution in [-0.2, 0) is 14.4 Å². The number of rotatable bonds is 8. The minimum Gasteiger partial charge on any atom is -0.478 e. The van der Waals surface area contributed by atoms with Crippen LogP contribution in [0.15, 0.2) is 24.3 Å². The summed E-state index contributed by atoms with van der Waals surface area (Å²) in [6.45, 7) is 2.00. The predicted molar refractivity (Wildman–Crippen MR) is 83.0 cm³/mol. The fourth-order valence-corrected chi connectivity index (χ4v) is 1.71. The Hall–Kier alpha value is -2.90. The van der Waals surface area contributed by atoms with E-state index in [1.165, 1.54) is 25.1 Å². The molecule has 0 saturated heterocycles. The van der Waals surface area contributed by atoms with Crippen molar-refractivity contribution in [3.05, 3.63) is 29.8 Å². The zero-order valence-electron chi connectivity index (χ0n) is 12.7. The molecule has 1 aromatic carbocycles. The number of amides is 3. The minimum absolute atomic E-state index is 0.00449. The van der Waals surface area contributed by atoms with Crippen molar-refractivity contribution in [3.8, 4) is 0 Å². The van der Waals surface area contributed by atoms with E-state index in [0.29, 0.717) is 18.8 Å². The number of anilines is 1. The number of carboxylic acid groups (broad SMARTS) is 1. The number of benzene rings is 1. The Morgan fingerprint density at radius 3 is 2.30 bits per heavy atom. The van der Waals surface area contributed by atoms with E-state index in [9.17, 15) is 19.2 Å². The van der Waals surface area contributed by atoms with Crippen molar-refractivity contribution in [2.45, 2.75) is 19.8 Å². The maximum Gasteiger partial charge on any atom is 0.335 e. The number of carbonyl (C=O) groups is 4. The van der Waals surface area contributed by atoms with Crippen molar-refractivity contribution in [3.63, 3.8) is 0 Å². The molecule has 0 spiro atoms. The molecule has 124 valence electrons. The number of hydrogen-bond donors (Lipinski definition) is 4. The Labute approximate surface area is 133 Å². The molecule has 0 unspecified atom stereocenters. The number of carbonyl (C=O) groups excluding carboxylic acids is 3. The summed E-state index contributed by atoms with van der Waals surface area (Å²) in [5.74, 6) is -1.95. The van der Waals surface area contributed by atoms with E-state index in [4.69, 9.17) is 5.11 Å². The van der Waals surface area contributed by atoms with Gasteiger partial charge in [-0.15, -0.1) is 0 Å². The fourth-order valence-electron chi connectivity index (χ4n) is 1.71. The molecule has 0 saturated carbocycles. The van der Waals surface area contributed by atoms with E-state index in [0.717, 1.165) is 0 Å². The average molecular weight is 321 g/mol. The van der Waals surface area contributed by atoms with Gasteiger partial charge >= 0.3 is 5.97 Å². The third-order valence-corrected chi connectivity index (χ3v) is 2.79. The third kappa shape index (κ3) is 7.60. The summed E-state index contributed by atoms with van der Waals surface area (Å²) in [5, 5.41) is 16.5. The average Bonchev–Trinajstić information content (AvgIpc) is 2.49. The lowest BCUT2D eigenvalue weighted by Crippen LogP contribution is -2.33. The second kappa shape index (κ2) is 9.19. The highest BCUT2D eigenvalue weighted by Crippen LogP contribution is 2.11. The summed E-state index contributed by atoms with van der Waals surface area (Å²) in [6, 6.07) is 5.85. The summed E-state index contributed by atoms with van der Waals surface area (Å²) in [5.41, 5.74) is 0.430. The highest BCUT2D eigenvalue weighted by Gasteiger charge is 2.08. The van der Waals surface area contributed by atoms with Crippen molar-refractivity contribution < 1.29 is 24.3 Å². The molecular weight excluding hydrogens is 302 g/mol. The van der Waals surface area contributed by atoms with Gasteiger partial charge in [-0.25, -0.2) is 4.79 Å². The lowest BCUT2D eigenvalue weighted by atomic mass is 10.2. The van der Waals surface area contributed by atoms with Crippen molar-refractivity contribution in [2.75, 3.05) is 18.4 Å². The second-order valence-corrected chi connectivity index (χ2v) is 4.77. The van der Waals surface area contributed by atoms with Crippen LogP contribution in [-0.4, -0.2) is 41.9 Å². The first-order chi connectivity index (χ1) is 10.9. The van der Waals surface area contributed by atoms with Gasteiger partial charge in [0.05, 0.1) is 5.56 Å². The topological polar surface area (TPSA) is 125 Å². The predicted octanol–water partition coefficient (Wildman–Crippen LogP) is 0.356. The van der Waals surface area contributed by atoms with Crippen molar-refractivity contribution in [1.29, 1.82) is 0 Å². The molecule has 0 aliphatic rings. The van der Waals surface area contributed by atoms with Gasteiger partial charge in [0.1, 0.15) is 0 Å². The van der Waals surface area contributed by atoms with Crippen LogP contribution in [0.2, 0.25) is 0 Å². The summed E-state index contributed by atoms with van der Waals surface area (Å²) in [6.07, 6.45) is -0.0200. The SMILES string of the molecule is CC(=O)NCCNC(=O)CCC(=O)Nc1cccc(C(=O)O)c1. The largest absolute Gasteiger partial charge is 0.478 e. The quantitative estimate of drug-likeness (QED) is 0.514. The van der Waals surface area contributed by atoms with Gasteiger partial charge < -0.3 is 21.1 Å². The summed E-state index contributed by atoms with van der Waals surface area (Å²) >= 11 is 0. The number of aromatic carboxylic acids is 1. The zero-order valence-corrected chi connectivity index (χ0v) is 12.7. The van der Waals surface area contributed by atoms with Crippen LogP contribution in [0.25, 0.3) is 0 Å². The highest BCUT2D eigenvalue weighted by molar-refractivity contribution is 5.95. The van der Waals surface area contributed by atoms with E-state index < -0.39 is 5.97 Å². The van der Waals surface area contributed by atoms with Gasteiger partial charge in [-0.05, 0) is 18.2 Å².